The van der Waals surface area contributed by atoms with E-state index in [9.17, 15) is 4.79 Å². The fourth-order valence-electron chi connectivity index (χ4n) is 1.14. The van der Waals surface area contributed by atoms with E-state index in [-0.39, 0.29) is 5.97 Å². The zero-order valence-electron chi connectivity index (χ0n) is 8.95. The molecule has 0 saturated heterocycles. The molecule has 1 aromatic rings. The summed E-state index contributed by atoms with van der Waals surface area (Å²) in [4.78, 5) is 11.0. The van der Waals surface area contributed by atoms with Gasteiger partial charge in [0.25, 0.3) is 0 Å². The van der Waals surface area contributed by atoms with Crippen LogP contribution in [0.15, 0.2) is 36.4 Å². The van der Waals surface area contributed by atoms with E-state index in [0.717, 1.165) is 18.4 Å². The molecule has 0 spiro atoms. The van der Waals surface area contributed by atoms with Crippen molar-refractivity contribution in [1.82, 2.24) is 0 Å². The van der Waals surface area contributed by atoms with Crippen LogP contribution in [-0.2, 0) is 16.0 Å². The highest BCUT2D eigenvalue weighted by molar-refractivity contribution is 5.86. The molecule has 0 unspecified atom stereocenters. The van der Waals surface area contributed by atoms with Gasteiger partial charge in [-0.15, -0.1) is 0 Å². The predicted molar refractivity (Wildman–Crippen MR) is 59.4 cm³/mol. The third kappa shape index (κ3) is 4.45. The Labute approximate surface area is 90.6 Å². The Bertz CT molecular complexity index is 328. The average molecular weight is 203 g/mol. The van der Waals surface area contributed by atoms with Crippen LogP contribution >= 0.6 is 0 Å². The molecule has 0 N–H and O–H groups in total. The van der Waals surface area contributed by atoms with Gasteiger partial charge in [-0.25, -0.2) is 4.79 Å². The van der Waals surface area contributed by atoms with Crippen LogP contribution in [0, 0.1) is 6.07 Å². The second-order valence-electron chi connectivity index (χ2n) is 3.41. The Hall–Kier alpha value is -1.57. The number of benzene rings is 1. The summed E-state index contributed by atoms with van der Waals surface area (Å²) in [6.45, 7) is 5.60. The van der Waals surface area contributed by atoms with E-state index < -0.39 is 0 Å². The Morgan fingerprint density at radius 2 is 2.33 bits per heavy atom. The quantitative estimate of drug-likeness (QED) is 0.417. The molecule has 79 valence electrons. The maximum Gasteiger partial charge on any atom is 0.333 e. The van der Waals surface area contributed by atoms with Gasteiger partial charge in [0.05, 0.1) is 6.61 Å². The molecule has 0 amide bonds. The number of esters is 1. The Kier molecular flexibility index (Phi) is 4.61. The lowest BCUT2D eigenvalue weighted by atomic mass is 10.1. The van der Waals surface area contributed by atoms with Gasteiger partial charge in [0, 0.05) is 5.57 Å². The zero-order valence-corrected chi connectivity index (χ0v) is 8.95. The molecule has 15 heavy (non-hydrogen) atoms. The first-order valence-corrected chi connectivity index (χ1v) is 4.98. The third-order valence-corrected chi connectivity index (χ3v) is 1.95. The van der Waals surface area contributed by atoms with Gasteiger partial charge < -0.3 is 4.74 Å². The summed E-state index contributed by atoms with van der Waals surface area (Å²) in [6.07, 6.45) is 1.70. The Balaban J connectivity index is 2.18. The molecule has 2 nitrogen and oxygen atoms in total. The van der Waals surface area contributed by atoms with Crippen molar-refractivity contribution in [3.63, 3.8) is 0 Å². The minimum absolute atomic E-state index is 0.313. The van der Waals surface area contributed by atoms with Crippen LogP contribution in [0.1, 0.15) is 18.9 Å². The van der Waals surface area contributed by atoms with Crippen LogP contribution in [0.3, 0.4) is 0 Å². The summed E-state index contributed by atoms with van der Waals surface area (Å²) >= 11 is 0. The van der Waals surface area contributed by atoms with E-state index in [1.807, 2.05) is 24.3 Å². The van der Waals surface area contributed by atoms with Crippen LogP contribution in [-0.4, -0.2) is 12.6 Å². The smallest absolute Gasteiger partial charge is 0.333 e. The molecule has 0 heterocycles. The largest absolute Gasteiger partial charge is 0.462 e. The first-order valence-electron chi connectivity index (χ1n) is 4.98. The van der Waals surface area contributed by atoms with Crippen molar-refractivity contribution >= 4 is 5.97 Å². The van der Waals surface area contributed by atoms with Crippen molar-refractivity contribution in [3.8, 4) is 0 Å². The normalized spacial score (nSPS) is 9.67. The summed E-state index contributed by atoms with van der Waals surface area (Å²) in [6, 6.07) is 10.9. The topological polar surface area (TPSA) is 26.3 Å². The molecule has 1 rings (SSSR count). The number of aryl methyl sites for hydroxylation is 1. The fraction of sp³-hybridized carbons (Fsp3) is 0.308. The first-order chi connectivity index (χ1) is 7.20. The average Bonchev–Trinajstić information content (AvgIpc) is 2.25. The molecule has 0 fully saturated rings. The van der Waals surface area contributed by atoms with Gasteiger partial charge in [-0.1, -0.05) is 30.8 Å². The summed E-state index contributed by atoms with van der Waals surface area (Å²) in [7, 11) is 0. The fourth-order valence-corrected chi connectivity index (χ4v) is 1.14. The molecule has 0 aliphatic carbocycles. The third-order valence-electron chi connectivity index (χ3n) is 1.95. The van der Waals surface area contributed by atoms with E-state index in [1.54, 1.807) is 6.92 Å². The molecule has 0 atom stereocenters. The van der Waals surface area contributed by atoms with E-state index >= 15 is 0 Å². The van der Waals surface area contributed by atoms with Crippen molar-refractivity contribution < 1.29 is 9.53 Å². The highest BCUT2D eigenvalue weighted by Gasteiger charge is 2.01. The van der Waals surface area contributed by atoms with Gasteiger partial charge in [-0.3, -0.25) is 0 Å². The SMILES string of the molecule is C=C(C)C(=O)OCCCc1[c]cccc1. The molecule has 1 aromatic carbocycles. The summed E-state index contributed by atoms with van der Waals surface area (Å²) in [5.74, 6) is -0.313. The molecule has 0 aromatic heterocycles. The van der Waals surface area contributed by atoms with Gasteiger partial charge in [0.1, 0.15) is 0 Å². The van der Waals surface area contributed by atoms with E-state index in [0.29, 0.717) is 12.2 Å². The molecule has 0 saturated carbocycles. The number of hydrogen-bond acceptors (Lipinski definition) is 2. The molecule has 0 bridgehead atoms. The van der Waals surface area contributed by atoms with Crippen LogP contribution in [0.4, 0.5) is 0 Å². The van der Waals surface area contributed by atoms with Crippen LogP contribution in [0.25, 0.3) is 0 Å². The maximum atomic E-state index is 11.0. The maximum absolute atomic E-state index is 11.0. The molecule has 0 aliphatic rings. The lowest BCUT2D eigenvalue weighted by Crippen LogP contribution is -2.06. The van der Waals surface area contributed by atoms with E-state index in [2.05, 4.69) is 12.6 Å². The standard InChI is InChI=1S/C13H15O2/c1-11(2)13(14)15-10-6-9-12-7-4-3-5-8-12/h3-5,7H,1,6,9-10H2,2H3. The summed E-state index contributed by atoms with van der Waals surface area (Å²) in [5.41, 5.74) is 1.59. The second kappa shape index (κ2) is 6.02. The molecule has 2 heteroatoms. The van der Waals surface area contributed by atoms with Crippen LogP contribution in [0.2, 0.25) is 0 Å². The van der Waals surface area contributed by atoms with Gasteiger partial charge in [-0.05, 0) is 31.4 Å². The minimum Gasteiger partial charge on any atom is -0.462 e. The highest BCUT2D eigenvalue weighted by Crippen LogP contribution is 2.02. The van der Waals surface area contributed by atoms with Crippen molar-refractivity contribution in [2.45, 2.75) is 19.8 Å². The Morgan fingerprint density at radius 1 is 1.53 bits per heavy atom. The van der Waals surface area contributed by atoms with E-state index in [1.165, 1.54) is 0 Å². The summed E-state index contributed by atoms with van der Waals surface area (Å²) < 4.78 is 4.97. The minimum atomic E-state index is -0.313. The predicted octanol–water partition coefficient (Wildman–Crippen LogP) is 2.54. The second-order valence-corrected chi connectivity index (χ2v) is 3.41. The van der Waals surface area contributed by atoms with Crippen LogP contribution in [0.5, 0.6) is 0 Å². The van der Waals surface area contributed by atoms with Crippen molar-refractivity contribution in [2.24, 2.45) is 0 Å². The van der Waals surface area contributed by atoms with Crippen molar-refractivity contribution in [1.29, 1.82) is 0 Å². The number of hydrogen-bond donors (Lipinski definition) is 0. The van der Waals surface area contributed by atoms with Gasteiger partial charge in [-0.2, -0.15) is 0 Å². The molecular weight excluding hydrogens is 188 g/mol. The van der Waals surface area contributed by atoms with Crippen molar-refractivity contribution in [2.75, 3.05) is 6.61 Å². The van der Waals surface area contributed by atoms with E-state index in [4.69, 9.17) is 4.74 Å². The van der Waals surface area contributed by atoms with Gasteiger partial charge in [0.15, 0.2) is 0 Å². The van der Waals surface area contributed by atoms with Crippen LogP contribution < -0.4 is 0 Å². The first kappa shape index (κ1) is 11.5. The molecule has 0 aliphatic heterocycles. The van der Waals surface area contributed by atoms with Gasteiger partial charge >= 0.3 is 5.97 Å². The summed E-state index contributed by atoms with van der Waals surface area (Å²) in [5, 5.41) is 0. The van der Waals surface area contributed by atoms with Gasteiger partial charge in [0.2, 0.25) is 0 Å². The number of rotatable bonds is 5. The lowest BCUT2D eigenvalue weighted by molar-refractivity contribution is -0.139. The monoisotopic (exact) mass is 203 g/mol. The number of carbonyl (C=O) groups is 1. The number of carbonyl (C=O) groups excluding carboxylic acids is 1. The molecule has 1 radical (unpaired) electrons. The number of ether oxygens (including phenoxy) is 1. The zero-order chi connectivity index (χ0) is 11.1. The molecular formula is C13H15O2. The Morgan fingerprint density at radius 3 is 2.93 bits per heavy atom. The highest BCUT2D eigenvalue weighted by atomic mass is 16.5. The lowest BCUT2D eigenvalue weighted by Gasteiger charge is -2.03. The van der Waals surface area contributed by atoms with Crippen molar-refractivity contribution in [3.05, 3.63) is 48.0 Å².